The van der Waals surface area contributed by atoms with Crippen molar-refractivity contribution in [2.24, 2.45) is 23.7 Å². The molecule has 520 valence electrons. The second-order valence-corrected chi connectivity index (χ2v) is 27.2. The van der Waals surface area contributed by atoms with Crippen LogP contribution in [0.15, 0.2) is 115 Å². The van der Waals surface area contributed by atoms with Crippen molar-refractivity contribution in [3.63, 3.8) is 0 Å². The van der Waals surface area contributed by atoms with Gasteiger partial charge in [0.2, 0.25) is 23.6 Å². The molecule has 3 saturated carbocycles. The number of likely N-dealkylation sites (tertiary alicyclic amines) is 2. The SMILES string of the molecule is CC(C)(C)OC(=O)NCCOCCOCCOCCOCCC(=O)OCCCCCCCCCCCCNC(=O)[C@@H]1CN(C(=O)c2ccc(C(=O)N3C[C@@H](C(=O)N[C@H]4C[C@@H]4c4ccccc4)[C@H](C(=O)N[C@H]4C[C@@H]4c4ccccc4)C3)cc2)C[C@H]1C(=O)N[C@H]1C[C@@H]1c1ccccc1. The van der Waals surface area contributed by atoms with E-state index in [9.17, 15) is 38.4 Å². The van der Waals surface area contributed by atoms with Crippen LogP contribution in [-0.2, 0) is 52.4 Å². The van der Waals surface area contributed by atoms with Crippen molar-refractivity contribution in [1.29, 1.82) is 0 Å². The zero-order valence-corrected chi connectivity index (χ0v) is 56.4. The topological polar surface area (TPSA) is 259 Å². The largest absolute Gasteiger partial charge is 0.466 e. The number of alkyl carbamates (subject to hydrolysis) is 1. The van der Waals surface area contributed by atoms with Crippen LogP contribution in [0.2, 0.25) is 0 Å². The van der Waals surface area contributed by atoms with Gasteiger partial charge in [0, 0.05) is 86.3 Å². The Morgan fingerprint density at radius 3 is 1.15 bits per heavy atom. The van der Waals surface area contributed by atoms with E-state index >= 15 is 0 Å². The quantitative estimate of drug-likeness (QED) is 0.0206. The summed E-state index contributed by atoms with van der Waals surface area (Å²) in [4.78, 5) is 112. The number of benzene rings is 4. The molecule has 0 radical (unpaired) electrons. The summed E-state index contributed by atoms with van der Waals surface area (Å²) in [6, 6.07) is 36.3. The van der Waals surface area contributed by atoms with Gasteiger partial charge in [-0.2, -0.15) is 0 Å². The molecule has 5 aliphatic rings. The summed E-state index contributed by atoms with van der Waals surface area (Å²) in [5.74, 6) is -4.38. The van der Waals surface area contributed by atoms with E-state index in [2.05, 4.69) is 63.0 Å². The van der Waals surface area contributed by atoms with Gasteiger partial charge in [0.05, 0.1) is 89.6 Å². The molecule has 7 amide bonds. The molecule has 2 saturated heterocycles. The van der Waals surface area contributed by atoms with Gasteiger partial charge in [-0.15, -0.1) is 0 Å². The number of carbonyl (C=O) groups is 8. The lowest BCUT2D eigenvalue weighted by molar-refractivity contribution is -0.145. The van der Waals surface area contributed by atoms with E-state index in [1.165, 1.54) is 0 Å². The van der Waals surface area contributed by atoms with Gasteiger partial charge in [-0.1, -0.05) is 142 Å². The fourth-order valence-electron chi connectivity index (χ4n) is 13.0. The minimum Gasteiger partial charge on any atom is -0.466 e. The summed E-state index contributed by atoms with van der Waals surface area (Å²) < 4.78 is 32.4. The Hall–Kier alpha value is -7.72. The van der Waals surface area contributed by atoms with E-state index in [1.807, 2.05) is 54.6 Å². The van der Waals surface area contributed by atoms with E-state index in [1.54, 1.807) is 54.8 Å². The molecule has 0 spiro atoms. The molecule has 10 atom stereocenters. The molecule has 3 aliphatic carbocycles. The van der Waals surface area contributed by atoms with Crippen molar-refractivity contribution in [1.82, 2.24) is 36.4 Å². The van der Waals surface area contributed by atoms with Crippen LogP contribution in [0.4, 0.5) is 4.79 Å². The van der Waals surface area contributed by atoms with Crippen molar-refractivity contribution in [2.45, 2.75) is 152 Å². The maximum Gasteiger partial charge on any atom is 0.407 e. The first kappa shape index (κ1) is 72.5. The Bertz CT molecular complexity index is 3060. The molecule has 0 aromatic heterocycles. The third-order valence-corrected chi connectivity index (χ3v) is 18.6. The molecular weight excluding hydrogens is 1220 g/mol. The lowest BCUT2D eigenvalue weighted by Gasteiger charge is -2.19. The number of hydrogen-bond acceptors (Lipinski definition) is 14. The predicted molar refractivity (Wildman–Crippen MR) is 362 cm³/mol. The highest BCUT2D eigenvalue weighted by Gasteiger charge is 2.50. The van der Waals surface area contributed by atoms with Crippen LogP contribution in [0.5, 0.6) is 0 Å². The number of nitrogens with zero attached hydrogens (tertiary/aromatic N) is 2. The summed E-state index contributed by atoms with van der Waals surface area (Å²) in [5.41, 5.74) is 3.53. The Balaban J connectivity index is 0.640. The normalized spacial score (nSPS) is 22.4. The molecule has 21 heteroatoms. The first-order valence-corrected chi connectivity index (χ1v) is 35.1. The molecule has 96 heavy (non-hydrogen) atoms. The van der Waals surface area contributed by atoms with Gasteiger partial charge in [0.1, 0.15) is 5.60 Å². The molecule has 5 N–H and O–H groups in total. The van der Waals surface area contributed by atoms with Crippen LogP contribution in [0.1, 0.15) is 166 Å². The van der Waals surface area contributed by atoms with Crippen molar-refractivity contribution in [3.05, 3.63) is 143 Å². The van der Waals surface area contributed by atoms with Crippen molar-refractivity contribution in [2.75, 3.05) is 98.7 Å². The number of rotatable bonds is 40. The Kier molecular flexibility index (Phi) is 28.1. The lowest BCUT2D eigenvalue weighted by Crippen LogP contribution is -2.43. The fourth-order valence-corrected chi connectivity index (χ4v) is 13.0. The Morgan fingerprint density at radius 1 is 0.396 bits per heavy atom. The summed E-state index contributed by atoms with van der Waals surface area (Å²) in [6.45, 7) is 9.92. The standard InChI is InChI=1S/C75H101N7O14/c1-75(2,3)96-74(90)77-35-38-92-40-42-94-44-43-93-41-39-91-37-33-67(83)95-36-22-11-9-7-5-4-6-8-10-21-34-76-68(84)60-48-81(49-61(60)69(85)78-64-45-57(64)52-23-15-12-16-24-52)72(88)55-29-31-56(32-30-55)73(89)82-50-62(70(86)79-65-46-58(65)53-25-17-13-18-26-53)63(51-82)71(87)80-66-47-59(66)54-27-19-14-20-28-54/h12-20,23-32,57-66H,4-11,21-22,33-51H2,1-3H3,(H,76,84)(H,77,90)(H,78,85)(H,79,86)(H,80,87)/t57-,58-,59-,60-,61-,62-,63-,64+,65+,66+/m1/s1. The second-order valence-electron chi connectivity index (χ2n) is 27.2. The molecular formula is C75H101N7O14. The van der Waals surface area contributed by atoms with Gasteiger partial charge in [-0.05, 0) is 93.8 Å². The third-order valence-electron chi connectivity index (χ3n) is 18.6. The Morgan fingerprint density at radius 2 is 0.750 bits per heavy atom. The minimum absolute atomic E-state index is 0.0486. The highest BCUT2D eigenvalue weighted by Crippen LogP contribution is 2.44. The van der Waals surface area contributed by atoms with Gasteiger partial charge >= 0.3 is 12.1 Å². The van der Waals surface area contributed by atoms with E-state index in [4.69, 9.17) is 28.4 Å². The summed E-state index contributed by atoms with van der Waals surface area (Å²) in [6.07, 6.45) is 12.3. The number of amides is 7. The number of hydrogen-bond donors (Lipinski definition) is 5. The molecule has 4 aromatic carbocycles. The van der Waals surface area contributed by atoms with E-state index in [-0.39, 0.29) is 116 Å². The van der Waals surface area contributed by atoms with Gasteiger partial charge in [0.15, 0.2) is 0 Å². The van der Waals surface area contributed by atoms with E-state index in [0.29, 0.717) is 77.1 Å². The highest BCUT2D eigenvalue weighted by atomic mass is 16.6. The molecule has 0 unspecified atom stereocenters. The zero-order chi connectivity index (χ0) is 67.7. The summed E-state index contributed by atoms with van der Waals surface area (Å²) >= 11 is 0. The van der Waals surface area contributed by atoms with Gasteiger partial charge in [-0.3, -0.25) is 33.6 Å². The number of nitrogens with one attached hydrogen (secondary N) is 5. The number of carbonyl (C=O) groups excluding carboxylic acids is 8. The molecule has 9 rings (SSSR count). The van der Waals surface area contributed by atoms with E-state index in [0.717, 1.165) is 100 Å². The molecule has 2 aliphatic heterocycles. The first-order chi connectivity index (χ1) is 46.6. The lowest BCUT2D eigenvalue weighted by atomic mass is 9.94. The van der Waals surface area contributed by atoms with Crippen LogP contribution >= 0.6 is 0 Å². The number of ether oxygens (including phenoxy) is 6. The number of esters is 1. The summed E-state index contributed by atoms with van der Waals surface area (Å²) in [7, 11) is 0. The van der Waals surface area contributed by atoms with Crippen LogP contribution in [0.25, 0.3) is 0 Å². The maximum atomic E-state index is 14.3. The van der Waals surface area contributed by atoms with Crippen LogP contribution in [0.3, 0.4) is 0 Å². The van der Waals surface area contributed by atoms with Crippen LogP contribution < -0.4 is 26.6 Å². The second kappa shape index (κ2) is 37.1. The van der Waals surface area contributed by atoms with E-state index < -0.39 is 35.4 Å². The van der Waals surface area contributed by atoms with Gasteiger partial charge < -0.3 is 64.8 Å². The van der Waals surface area contributed by atoms with Crippen molar-refractivity contribution in [3.8, 4) is 0 Å². The smallest absolute Gasteiger partial charge is 0.407 e. The first-order valence-electron chi connectivity index (χ1n) is 35.1. The monoisotopic (exact) mass is 1320 g/mol. The van der Waals surface area contributed by atoms with Gasteiger partial charge in [-0.25, -0.2) is 4.79 Å². The van der Waals surface area contributed by atoms with Crippen LogP contribution in [-0.4, -0.2) is 180 Å². The highest BCUT2D eigenvalue weighted by molar-refractivity contribution is 6.00. The molecule has 21 nitrogen and oxygen atoms in total. The maximum absolute atomic E-state index is 14.3. The molecule has 2 heterocycles. The van der Waals surface area contributed by atoms with Crippen molar-refractivity contribution >= 4 is 47.5 Å². The molecule has 0 bridgehead atoms. The average Bonchev–Trinajstić information content (AvgIpc) is 1.64. The van der Waals surface area contributed by atoms with Crippen molar-refractivity contribution < 1.29 is 66.8 Å². The molecule has 4 aromatic rings. The fraction of sp³-hybridized carbons (Fsp3) is 0.573. The number of unbranched alkanes of at least 4 members (excludes halogenated alkanes) is 9. The minimum atomic E-state index is -0.754. The third kappa shape index (κ3) is 23.3. The Labute approximate surface area is 565 Å². The van der Waals surface area contributed by atoms with Gasteiger partial charge in [0.25, 0.3) is 11.8 Å². The zero-order valence-electron chi connectivity index (χ0n) is 56.4. The average molecular weight is 1320 g/mol. The predicted octanol–water partition coefficient (Wildman–Crippen LogP) is 8.62. The summed E-state index contributed by atoms with van der Waals surface area (Å²) in [5, 5.41) is 15.3. The molecule has 5 fully saturated rings. The van der Waals surface area contributed by atoms with Crippen LogP contribution in [0, 0.1) is 23.7 Å².